The van der Waals surface area contributed by atoms with Crippen LogP contribution in [0.25, 0.3) is 0 Å². The van der Waals surface area contributed by atoms with Crippen LogP contribution in [0.1, 0.15) is 212 Å². The molecule has 2 atom stereocenters. The van der Waals surface area contributed by atoms with Gasteiger partial charge in [-0.2, -0.15) is 12.8 Å². The van der Waals surface area contributed by atoms with E-state index in [1.807, 2.05) is 75.7 Å². The first-order chi connectivity index (χ1) is 53.3. The van der Waals surface area contributed by atoms with Gasteiger partial charge in [-0.15, -0.1) is 24.0 Å². The molecule has 5 rings (SSSR count). The Kier molecular flexibility index (Phi) is 95.8. The molecule has 0 aliphatic rings. The number of rotatable bonds is 36. The molecule has 0 saturated heterocycles. The van der Waals surface area contributed by atoms with E-state index in [0.717, 1.165) is 19.5 Å². The fraction of sp³-hybridized carbons (Fsp3) is 0.579. The summed E-state index contributed by atoms with van der Waals surface area (Å²) in [6.07, 6.45) is 4.81. The molecular weight excluding hydrogens is 2720 g/mol. The van der Waals surface area contributed by atoms with Gasteiger partial charge in [0, 0.05) is 86.3 Å². The van der Waals surface area contributed by atoms with Gasteiger partial charge in [0.25, 0.3) is 17.1 Å². The van der Waals surface area contributed by atoms with Gasteiger partial charge in [0.1, 0.15) is -0.565 Å². The molecule has 5 aromatic rings. The summed E-state index contributed by atoms with van der Waals surface area (Å²) in [6, 6.07) is 32.3. The first-order valence-electron chi connectivity index (χ1n) is 36.5. The molecule has 0 aliphatic carbocycles. The van der Waals surface area contributed by atoms with Crippen molar-refractivity contribution in [3.8, 4) is 0 Å². The second-order valence-electron chi connectivity index (χ2n) is 23.2. The van der Waals surface area contributed by atoms with Gasteiger partial charge in [-0.05, 0) is 186 Å². The van der Waals surface area contributed by atoms with Crippen molar-refractivity contribution in [2.75, 3.05) is 87.4 Å². The Morgan fingerprint density at radius 3 is 0.856 bits per heavy atom. The van der Waals surface area contributed by atoms with Crippen molar-refractivity contribution in [3.05, 3.63) is 191 Å². The van der Waals surface area contributed by atoms with Crippen molar-refractivity contribution in [1.82, 2.24) is 0 Å². The fourth-order valence-electron chi connectivity index (χ4n) is 8.32. The number of alkyl halides is 7. The molecule has 0 heterocycles. The summed E-state index contributed by atoms with van der Waals surface area (Å²) in [5, 5.41) is 30.2. The third-order valence-corrected chi connectivity index (χ3v) is 31.8. The van der Waals surface area contributed by atoms with E-state index in [0.29, 0.717) is 67.1 Å². The number of benzene rings is 5. The van der Waals surface area contributed by atoms with Crippen LogP contribution in [0.3, 0.4) is 0 Å². The van der Waals surface area contributed by atoms with Crippen LogP contribution in [0, 0.1) is 41.7 Å². The van der Waals surface area contributed by atoms with E-state index < -0.39 is 68.7 Å². The number of hydrogen-bond donors (Lipinski definition) is 2. The zero-order chi connectivity index (χ0) is 89.8. The van der Waals surface area contributed by atoms with E-state index in [-0.39, 0.29) is 125 Å². The predicted octanol–water partition coefficient (Wildman–Crippen LogP) is 31.5. The standard InChI is InChI=1S/C13H20NO5P.C13H22NO3P.C12H18NO5P.C12H20NO3P.C11H16NO5P.C3H5I3.C3H6I2.C3H6I.C3H7.2CH3I.CH4.HI.2V.H2/c1-5-18-20(17,19-6-2)13(3,4)11-7-9-12(10-8-11)14(15)16;1-5-16-18(15,17-6-2)13(3,4)11-7-9-12(14)10-8-11;1-4-17-19(16,18-5-2)10(3)11-6-8-12(9-7-11)13(14)15;1-4-15-17(14,16-5-2)10(3)11-6-8-12(13)9-7-11;1-3-16-18(15,17-4-2)9-10-5-7-11(8-6-10)12(13)14;1-2-3(4,5)6;1-2-3(4)5;1-2-3-4;1-3-2;2*1-2;;;;;/h7-10H,5-6H2,1-4H3;7-10H,5-6,14H2,1-4H3;6-10H,4-5H2,1-3H3;6-10H,4-5,13H2,1-3H3;5-8H,3-4,9H2,1-2H3;2H2,1H3;3H,2H2,1H3;3H,2H2,1H3;1,3H2,2H3;2*1H3;1H4;1H;;;1H/q;;;;;;;2*-1;;;;;;;. The number of nitrogen functional groups attached to an aromatic ring is 2. The van der Waals surface area contributed by atoms with Crippen molar-refractivity contribution in [3.63, 3.8) is 0 Å². The van der Waals surface area contributed by atoms with Crippen molar-refractivity contribution < 1.29 is 121 Å². The molecule has 2 unspecified atom stereocenters. The van der Waals surface area contributed by atoms with E-state index in [9.17, 15) is 53.2 Å². The Hall–Kier alpha value is 2.39. The van der Waals surface area contributed by atoms with Crippen LogP contribution >= 0.6 is 243 Å². The largest absolute Gasteiger partial charge is 0.399 e. The Morgan fingerprint density at radius 1 is 0.449 bits per heavy atom. The molecule has 0 aliphatic heterocycles. The van der Waals surface area contributed by atoms with Crippen molar-refractivity contribution in [1.29, 1.82) is 0 Å². The van der Waals surface area contributed by atoms with Crippen LogP contribution in [0.2, 0.25) is 0 Å². The quantitative estimate of drug-likeness (QED) is 0.00715. The van der Waals surface area contributed by atoms with Crippen molar-refractivity contribution in [2.45, 2.75) is 201 Å². The van der Waals surface area contributed by atoms with E-state index in [4.69, 9.17) is 56.7 Å². The van der Waals surface area contributed by atoms with Crippen LogP contribution in [-0.4, -0.2) is 92.1 Å². The summed E-state index contributed by atoms with van der Waals surface area (Å²) in [7, 11) is -16.0. The Labute approximate surface area is 859 Å². The smallest absolute Gasteiger partial charge is 0.340 e. The minimum atomic E-state index is -3.35. The third-order valence-electron chi connectivity index (χ3n) is 14.2. The molecule has 0 fully saturated rings. The van der Waals surface area contributed by atoms with Crippen LogP contribution in [0.15, 0.2) is 121 Å². The first kappa shape index (κ1) is 141. The van der Waals surface area contributed by atoms with Crippen molar-refractivity contribution >= 4 is 271 Å². The van der Waals surface area contributed by atoms with Crippen LogP contribution in [-0.2, 0) is 122 Å². The molecule has 0 saturated carbocycles. The maximum Gasteiger partial charge on any atom is 0.340 e. The number of nitrogens with zero attached hydrogens (tertiary/aromatic N) is 3. The number of nitro benzene ring substituents is 3. The Balaban J connectivity index is -0.000000127. The summed E-state index contributed by atoms with van der Waals surface area (Å²) >= 11 is 18.6. The van der Waals surface area contributed by atoms with E-state index >= 15 is 0 Å². The molecule has 688 valence electrons. The summed E-state index contributed by atoms with van der Waals surface area (Å²) in [4.78, 5) is 34.3. The van der Waals surface area contributed by atoms with Crippen molar-refractivity contribution in [2.24, 2.45) is 0 Å². The number of halogens is 9. The molecule has 0 aromatic heterocycles. The van der Waals surface area contributed by atoms with Gasteiger partial charge in [0.15, 0.2) is 0 Å². The summed E-state index contributed by atoms with van der Waals surface area (Å²) in [5.41, 5.74) is 15.7. The van der Waals surface area contributed by atoms with Gasteiger partial charge in [-0.3, -0.25) is 57.6 Å². The Morgan fingerprint density at radius 2 is 0.653 bits per heavy atom. The maximum absolute atomic E-state index is 12.9. The molecule has 0 spiro atoms. The predicted molar refractivity (Wildman–Crippen MR) is 567 cm³/mol. The maximum atomic E-state index is 12.9. The molecule has 4 N–H and O–H groups in total. The van der Waals surface area contributed by atoms with Gasteiger partial charge < -0.3 is 86.2 Å². The normalized spacial score (nSPS) is 11.4. The monoisotopic (exact) mass is 2850 g/mol. The average molecular weight is 2850 g/mol. The van der Waals surface area contributed by atoms with Crippen LogP contribution in [0.5, 0.6) is 0 Å². The second kappa shape index (κ2) is 80.3. The molecule has 2 radical (unpaired) electrons. The zero-order valence-electron chi connectivity index (χ0n) is 71.3. The summed E-state index contributed by atoms with van der Waals surface area (Å²) < 4.78 is 119. The summed E-state index contributed by atoms with van der Waals surface area (Å²) in [6.45, 7) is 43.7. The topological polar surface area (TPSA) is 359 Å². The van der Waals surface area contributed by atoms with E-state index in [2.05, 4.69) is 213 Å². The van der Waals surface area contributed by atoms with Crippen LogP contribution < -0.4 is 11.5 Å². The average Bonchev–Trinajstić information content (AvgIpc) is 0.782. The molecule has 42 heteroatoms. The number of nitrogens with two attached hydrogens (primary N) is 2. The minimum Gasteiger partial charge on any atom is -0.399 e. The minimum absolute atomic E-state index is 0. The van der Waals surface area contributed by atoms with Gasteiger partial charge in [0.05, 0.1) is 111 Å². The number of anilines is 2. The molecule has 118 heavy (non-hydrogen) atoms. The third kappa shape index (κ3) is 59.6. The number of non-ortho nitro benzene ring substituents is 3. The Bertz CT molecular complexity index is 3520. The first-order valence-corrected chi connectivity index (χ1v) is 55.8. The number of nitro groups is 3. The zero-order valence-corrected chi connectivity index (χ0v) is 98.2. The molecule has 0 amide bonds. The number of hydrogen-bond acceptors (Lipinski definition) is 23. The van der Waals surface area contributed by atoms with Gasteiger partial charge >= 0.3 is 38.0 Å². The van der Waals surface area contributed by atoms with Gasteiger partial charge in [-0.25, -0.2) is 0 Å². The molecule has 5 aromatic carbocycles. The van der Waals surface area contributed by atoms with E-state index in [1.54, 1.807) is 137 Å². The van der Waals surface area contributed by atoms with Crippen LogP contribution in [0.4, 0.5) is 28.4 Å². The van der Waals surface area contributed by atoms with Gasteiger partial charge in [-0.1, -0.05) is 254 Å². The van der Waals surface area contributed by atoms with Gasteiger partial charge in [0.2, 0.25) is 0 Å². The second-order valence-corrected chi connectivity index (χ2v) is 53.2. The van der Waals surface area contributed by atoms with E-state index in [1.165, 1.54) is 55.7 Å². The molecule has 26 nitrogen and oxygen atoms in total. The molecular formula is C76H133I9N5O21P5V2-2. The fourth-order valence-corrected chi connectivity index (χ4v) is 17.3. The SMILES string of the molecule is C.CCC(I)(I)I.CCC(I)I.CCOP(=O)(Cc1ccc([N+](=O)[O-])cc1)OCC.CCOP(=O)(OCC)C(C)(C)c1ccc(N)cc1.CCOP(=O)(OCC)C(C)(C)c1ccc([N+](=O)[O-])cc1.CCOP(=O)(OCC)C(C)c1ccc(N)cc1.CCOP(=O)(OCC)C(C)c1ccc([N+](=O)[O-])cc1.CC[CH-]I.CI.CI.I.[CH2-]CC.[HH].[V].[V]. The summed E-state index contributed by atoms with van der Waals surface area (Å²) in [5.74, 6) is 0. The molecule has 0 bridgehead atoms.